The summed E-state index contributed by atoms with van der Waals surface area (Å²) in [7, 11) is -1.65. The Labute approximate surface area is 73.7 Å². The predicted octanol–water partition coefficient (Wildman–Crippen LogP) is 0.0682. The van der Waals surface area contributed by atoms with Crippen LogP contribution < -0.4 is 5.59 Å². The molecule has 0 saturated heterocycles. The first kappa shape index (κ1) is 8.81. The highest BCUT2D eigenvalue weighted by Crippen LogP contribution is 2.11. The maximum absolute atomic E-state index is 8.66. The van der Waals surface area contributed by atoms with Gasteiger partial charge in [-0.3, -0.25) is 4.98 Å². The fraction of sp³-hybridized carbons (Fsp3) is 0. The molecular formula is C5H4BCl2NO2. The molecule has 3 nitrogen and oxygen atoms in total. The number of hydrogen-bond acceptors (Lipinski definition) is 3. The molecule has 58 valence electrons. The smallest absolute Gasteiger partial charge is 0.422 e. The molecular weight excluding hydrogens is 188 g/mol. The zero-order valence-corrected chi connectivity index (χ0v) is 6.84. The van der Waals surface area contributed by atoms with E-state index in [1.54, 1.807) is 0 Å². The SMILES string of the molecule is OB(O)c1ncc(Cl)cc1Cl. The largest absolute Gasteiger partial charge is 0.509 e. The van der Waals surface area contributed by atoms with E-state index in [-0.39, 0.29) is 10.6 Å². The minimum atomic E-state index is -1.65. The highest BCUT2D eigenvalue weighted by atomic mass is 35.5. The molecule has 0 radical (unpaired) electrons. The zero-order chi connectivity index (χ0) is 8.43. The van der Waals surface area contributed by atoms with Gasteiger partial charge in [0.25, 0.3) is 0 Å². The van der Waals surface area contributed by atoms with Crippen LogP contribution in [0.25, 0.3) is 0 Å². The number of hydrogen-bond donors (Lipinski definition) is 2. The van der Waals surface area contributed by atoms with Crippen molar-refractivity contribution < 1.29 is 10.0 Å². The molecule has 1 aromatic rings. The summed E-state index contributed by atoms with van der Waals surface area (Å²) in [6.45, 7) is 0. The van der Waals surface area contributed by atoms with Crippen LogP contribution in [0.15, 0.2) is 12.3 Å². The summed E-state index contributed by atoms with van der Waals surface area (Å²) in [6, 6.07) is 1.39. The first-order valence-corrected chi connectivity index (χ1v) is 3.54. The minimum Gasteiger partial charge on any atom is -0.422 e. The molecule has 0 fully saturated rings. The zero-order valence-electron chi connectivity index (χ0n) is 5.33. The Kier molecular flexibility index (Phi) is 2.73. The van der Waals surface area contributed by atoms with Crippen LogP contribution in [0, 0.1) is 0 Å². The molecule has 1 heterocycles. The number of halogens is 2. The molecule has 0 aromatic carbocycles. The van der Waals surface area contributed by atoms with Crippen molar-refractivity contribution in [1.29, 1.82) is 0 Å². The van der Waals surface area contributed by atoms with Crippen LogP contribution >= 0.6 is 23.2 Å². The number of rotatable bonds is 1. The quantitative estimate of drug-likeness (QED) is 0.618. The van der Waals surface area contributed by atoms with E-state index in [0.717, 1.165) is 0 Å². The van der Waals surface area contributed by atoms with Crippen LogP contribution in [-0.4, -0.2) is 22.2 Å². The number of pyridine rings is 1. The molecule has 0 amide bonds. The summed E-state index contributed by atoms with van der Waals surface area (Å²) < 4.78 is 0. The van der Waals surface area contributed by atoms with E-state index >= 15 is 0 Å². The lowest BCUT2D eigenvalue weighted by atomic mass is 9.86. The summed E-state index contributed by atoms with van der Waals surface area (Å²) in [6.07, 6.45) is 1.29. The summed E-state index contributed by atoms with van der Waals surface area (Å²) >= 11 is 11.1. The Morgan fingerprint density at radius 1 is 1.36 bits per heavy atom. The normalized spacial score (nSPS) is 9.82. The average Bonchev–Trinajstić information content (AvgIpc) is 1.85. The van der Waals surface area contributed by atoms with Crippen LogP contribution in [0.4, 0.5) is 0 Å². The fourth-order valence-electron chi connectivity index (χ4n) is 0.615. The Hall–Kier alpha value is -0.285. The summed E-state index contributed by atoms with van der Waals surface area (Å²) in [5.74, 6) is 0. The van der Waals surface area contributed by atoms with Gasteiger partial charge in [-0.05, 0) is 6.07 Å². The Balaban J connectivity index is 3.09. The third-order valence-electron chi connectivity index (χ3n) is 1.08. The van der Waals surface area contributed by atoms with Crippen molar-refractivity contribution in [3.63, 3.8) is 0 Å². The van der Waals surface area contributed by atoms with E-state index in [2.05, 4.69) is 4.98 Å². The van der Waals surface area contributed by atoms with Gasteiger partial charge >= 0.3 is 7.12 Å². The van der Waals surface area contributed by atoms with E-state index in [1.807, 2.05) is 0 Å². The molecule has 2 N–H and O–H groups in total. The van der Waals surface area contributed by atoms with Crippen molar-refractivity contribution in [2.45, 2.75) is 0 Å². The van der Waals surface area contributed by atoms with E-state index in [9.17, 15) is 0 Å². The molecule has 0 atom stereocenters. The van der Waals surface area contributed by atoms with Gasteiger partial charge in [-0.25, -0.2) is 0 Å². The van der Waals surface area contributed by atoms with Gasteiger partial charge < -0.3 is 10.0 Å². The summed E-state index contributed by atoms with van der Waals surface area (Å²) in [4.78, 5) is 3.61. The summed E-state index contributed by atoms with van der Waals surface area (Å²) in [5.41, 5.74) is 0.0102. The molecule has 11 heavy (non-hydrogen) atoms. The maximum atomic E-state index is 8.66. The Morgan fingerprint density at radius 2 is 2.00 bits per heavy atom. The van der Waals surface area contributed by atoms with Crippen LogP contribution in [0.2, 0.25) is 10.0 Å². The molecule has 0 aliphatic carbocycles. The molecule has 0 unspecified atom stereocenters. The standard InChI is InChI=1S/C5H4BCl2NO2/c7-3-1-4(8)5(6(10)11)9-2-3/h1-2,10-11H. The lowest BCUT2D eigenvalue weighted by molar-refractivity contribution is 0.424. The van der Waals surface area contributed by atoms with Crippen molar-refractivity contribution in [3.8, 4) is 0 Å². The maximum Gasteiger partial charge on any atom is 0.509 e. The lowest BCUT2D eigenvalue weighted by Gasteiger charge is -2.00. The lowest BCUT2D eigenvalue weighted by Crippen LogP contribution is -2.33. The molecule has 0 aliphatic rings. The van der Waals surface area contributed by atoms with Crippen molar-refractivity contribution in [2.24, 2.45) is 0 Å². The van der Waals surface area contributed by atoms with Gasteiger partial charge in [-0.2, -0.15) is 0 Å². The van der Waals surface area contributed by atoms with Gasteiger partial charge in [-0.15, -0.1) is 0 Å². The van der Waals surface area contributed by atoms with Crippen molar-refractivity contribution in [3.05, 3.63) is 22.3 Å². The third kappa shape index (κ3) is 2.07. The predicted molar refractivity (Wildman–Crippen MR) is 44.1 cm³/mol. The molecule has 1 aromatic heterocycles. The highest BCUT2D eigenvalue weighted by molar-refractivity contribution is 6.61. The molecule has 0 bridgehead atoms. The van der Waals surface area contributed by atoms with Crippen LogP contribution in [0.5, 0.6) is 0 Å². The van der Waals surface area contributed by atoms with E-state index in [4.69, 9.17) is 33.2 Å². The van der Waals surface area contributed by atoms with Gasteiger partial charge in [0.15, 0.2) is 0 Å². The van der Waals surface area contributed by atoms with Gasteiger partial charge in [0, 0.05) is 6.20 Å². The van der Waals surface area contributed by atoms with Gasteiger partial charge in [-0.1, -0.05) is 23.2 Å². The van der Waals surface area contributed by atoms with Gasteiger partial charge in [0.1, 0.15) is 0 Å². The van der Waals surface area contributed by atoms with Crippen LogP contribution in [0.1, 0.15) is 0 Å². The second-order valence-corrected chi connectivity index (χ2v) is 2.74. The third-order valence-corrected chi connectivity index (χ3v) is 1.59. The van der Waals surface area contributed by atoms with Gasteiger partial charge in [0.2, 0.25) is 0 Å². The monoisotopic (exact) mass is 191 g/mol. The highest BCUT2D eigenvalue weighted by Gasteiger charge is 2.16. The number of aromatic nitrogens is 1. The van der Waals surface area contributed by atoms with Crippen molar-refractivity contribution in [2.75, 3.05) is 0 Å². The Morgan fingerprint density at radius 3 is 2.45 bits per heavy atom. The summed E-state index contributed by atoms with van der Waals surface area (Å²) in [5, 5.41) is 17.8. The topological polar surface area (TPSA) is 53.4 Å². The fourth-order valence-corrected chi connectivity index (χ4v) is 1.09. The van der Waals surface area contributed by atoms with E-state index < -0.39 is 7.12 Å². The van der Waals surface area contributed by atoms with Gasteiger partial charge in [0.05, 0.1) is 15.6 Å². The van der Waals surface area contributed by atoms with E-state index in [0.29, 0.717) is 5.02 Å². The molecule has 1 rings (SSSR count). The minimum absolute atomic E-state index is 0.0102. The second kappa shape index (κ2) is 3.41. The second-order valence-electron chi connectivity index (χ2n) is 1.89. The Bertz CT molecular complexity index is 269. The molecule has 0 saturated carbocycles. The first-order chi connectivity index (χ1) is 5.11. The molecule has 6 heteroatoms. The van der Waals surface area contributed by atoms with Crippen LogP contribution in [0.3, 0.4) is 0 Å². The van der Waals surface area contributed by atoms with E-state index in [1.165, 1.54) is 12.3 Å². The average molecular weight is 192 g/mol. The molecule has 0 aliphatic heterocycles. The van der Waals surface area contributed by atoms with Crippen molar-refractivity contribution in [1.82, 2.24) is 4.98 Å². The molecule has 0 spiro atoms. The first-order valence-electron chi connectivity index (χ1n) is 2.78. The van der Waals surface area contributed by atoms with Crippen molar-refractivity contribution >= 4 is 35.9 Å². The number of nitrogens with zero attached hydrogens (tertiary/aromatic N) is 1. The van der Waals surface area contributed by atoms with Crippen LogP contribution in [-0.2, 0) is 0 Å².